The Labute approximate surface area is 103 Å². The van der Waals surface area contributed by atoms with Crippen molar-refractivity contribution in [2.45, 2.75) is 20.8 Å². The van der Waals surface area contributed by atoms with Gasteiger partial charge >= 0.3 is 6.03 Å². The van der Waals surface area contributed by atoms with Crippen molar-refractivity contribution >= 4 is 11.7 Å². The number of ether oxygens (including phenoxy) is 1. The number of carbonyl (C=O) groups excluding carboxylic acids is 1. The van der Waals surface area contributed by atoms with Crippen LogP contribution in [0.15, 0.2) is 18.2 Å². The Kier molecular flexibility index (Phi) is 4.82. The number of nitrogens with zero attached hydrogens (tertiary/aromatic N) is 1. The van der Waals surface area contributed by atoms with Gasteiger partial charge in [-0.2, -0.15) is 0 Å². The maximum Gasteiger partial charge on any atom is 0.321 e. The number of urea groups is 1. The fourth-order valence-electron chi connectivity index (χ4n) is 1.57. The van der Waals surface area contributed by atoms with Crippen molar-refractivity contribution < 1.29 is 9.53 Å². The summed E-state index contributed by atoms with van der Waals surface area (Å²) in [7, 11) is 1.61. The fourth-order valence-corrected chi connectivity index (χ4v) is 1.57. The molecule has 0 aromatic heterocycles. The highest BCUT2D eigenvalue weighted by molar-refractivity contribution is 5.90. The number of amides is 2. The monoisotopic (exact) mass is 236 g/mol. The van der Waals surface area contributed by atoms with Crippen LogP contribution in [-0.2, 0) is 0 Å². The Morgan fingerprint density at radius 2 is 2.00 bits per heavy atom. The molecule has 0 spiro atoms. The Hall–Kier alpha value is -1.71. The Morgan fingerprint density at radius 3 is 2.53 bits per heavy atom. The number of benzene rings is 1. The average molecular weight is 236 g/mol. The summed E-state index contributed by atoms with van der Waals surface area (Å²) in [5.74, 6) is 0.741. The van der Waals surface area contributed by atoms with E-state index in [0.717, 1.165) is 17.0 Å². The molecule has 0 aliphatic heterocycles. The third kappa shape index (κ3) is 3.37. The van der Waals surface area contributed by atoms with E-state index in [4.69, 9.17) is 4.74 Å². The van der Waals surface area contributed by atoms with Crippen LogP contribution in [0.3, 0.4) is 0 Å². The topological polar surface area (TPSA) is 41.6 Å². The highest BCUT2D eigenvalue weighted by atomic mass is 16.5. The van der Waals surface area contributed by atoms with Gasteiger partial charge in [-0.15, -0.1) is 0 Å². The SMILES string of the molecule is CCN(CC)C(=O)Nc1cc(OC)ccc1C. The molecule has 94 valence electrons. The molecule has 17 heavy (non-hydrogen) atoms. The number of hydrogen-bond donors (Lipinski definition) is 1. The molecule has 0 saturated heterocycles. The van der Waals surface area contributed by atoms with E-state index in [9.17, 15) is 4.79 Å². The van der Waals surface area contributed by atoms with Crippen LogP contribution in [-0.4, -0.2) is 31.1 Å². The number of methoxy groups -OCH3 is 1. The molecule has 0 bridgehead atoms. The first-order chi connectivity index (χ1) is 8.12. The predicted octanol–water partition coefficient (Wildman–Crippen LogP) is 2.88. The van der Waals surface area contributed by atoms with Crippen LogP contribution < -0.4 is 10.1 Å². The smallest absolute Gasteiger partial charge is 0.321 e. The first-order valence-corrected chi connectivity index (χ1v) is 5.82. The second kappa shape index (κ2) is 6.13. The van der Waals surface area contributed by atoms with Crippen LogP contribution in [0.5, 0.6) is 5.75 Å². The number of aryl methyl sites for hydroxylation is 1. The van der Waals surface area contributed by atoms with Crippen LogP contribution in [0.1, 0.15) is 19.4 Å². The van der Waals surface area contributed by atoms with Gasteiger partial charge in [-0.05, 0) is 32.4 Å². The molecular weight excluding hydrogens is 216 g/mol. The summed E-state index contributed by atoms with van der Waals surface area (Å²) in [6, 6.07) is 5.56. The van der Waals surface area contributed by atoms with Gasteiger partial charge in [-0.25, -0.2) is 4.79 Å². The summed E-state index contributed by atoms with van der Waals surface area (Å²) in [6.45, 7) is 7.27. The average Bonchev–Trinajstić information content (AvgIpc) is 2.33. The van der Waals surface area contributed by atoms with Crippen molar-refractivity contribution in [3.05, 3.63) is 23.8 Å². The van der Waals surface area contributed by atoms with Crippen molar-refractivity contribution in [3.63, 3.8) is 0 Å². The lowest BCUT2D eigenvalue weighted by Gasteiger charge is -2.20. The molecule has 0 aliphatic rings. The first kappa shape index (κ1) is 13.4. The van der Waals surface area contributed by atoms with Crippen LogP contribution in [0.2, 0.25) is 0 Å². The molecule has 1 rings (SSSR count). The quantitative estimate of drug-likeness (QED) is 0.873. The summed E-state index contributed by atoms with van der Waals surface area (Å²) >= 11 is 0. The summed E-state index contributed by atoms with van der Waals surface area (Å²) < 4.78 is 5.14. The molecule has 0 aliphatic carbocycles. The van der Waals surface area contributed by atoms with Gasteiger partial charge in [0.2, 0.25) is 0 Å². The summed E-state index contributed by atoms with van der Waals surface area (Å²) in [5.41, 5.74) is 1.81. The zero-order chi connectivity index (χ0) is 12.8. The van der Waals surface area contributed by atoms with Gasteiger partial charge in [0.05, 0.1) is 7.11 Å². The highest BCUT2D eigenvalue weighted by Gasteiger charge is 2.11. The van der Waals surface area contributed by atoms with Gasteiger partial charge in [0, 0.05) is 24.8 Å². The van der Waals surface area contributed by atoms with E-state index in [1.54, 1.807) is 12.0 Å². The van der Waals surface area contributed by atoms with Gasteiger partial charge in [0.25, 0.3) is 0 Å². The Balaban J connectivity index is 2.83. The van der Waals surface area contributed by atoms with Crippen LogP contribution in [0.25, 0.3) is 0 Å². The molecule has 0 heterocycles. The Bertz CT molecular complexity index is 387. The molecule has 0 fully saturated rings. The van der Waals surface area contributed by atoms with Gasteiger partial charge in [-0.3, -0.25) is 0 Å². The predicted molar refractivity (Wildman–Crippen MR) is 69.7 cm³/mol. The molecule has 0 unspecified atom stereocenters. The zero-order valence-corrected chi connectivity index (χ0v) is 10.9. The summed E-state index contributed by atoms with van der Waals surface area (Å²) in [6.07, 6.45) is 0. The molecule has 4 nitrogen and oxygen atoms in total. The fraction of sp³-hybridized carbons (Fsp3) is 0.462. The minimum atomic E-state index is -0.0775. The number of anilines is 1. The van der Waals surface area contributed by atoms with Crippen LogP contribution in [0, 0.1) is 6.92 Å². The second-order valence-corrected chi connectivity index (χ2v) is 3.78. The standard InChI is InChI=1S/C13H20N2O2/c1-5-15(6-2)13(16)14-12-9-11(17-4)8-7-10(12)3/h7-9H,5-6H2,1-4H3,(H,14,16). The Morgan fingerprint density at radius 1 is 1.35 bits per heavy atom. The summed E-state index contributed by atoms with van der Waals surface area (Å²) in [5, 5.41) is 2.89. The number of nitrogens with one attached hydrogen (secondary N) is 1. The molecule has 1 aromatic rings. The highest BCUT2D eigenvalue weighted by Crippen LogP contribution is 2.21. The number of rotatable bonds is 4. The molecule has 2 amide bonds. The minimum Gasteiger partial charge on any atom is -0.497 e. The second-order valence-electron chi connectivity index (χ2n) is 3.78. The van der Waals surface area contributed by atoms with E-state index in [1.807, 2.05) is 39.0 Å². The van der Waals surface area contributed by atoms with E-state index in [-0.39, 0.29) is 6.03 Å². The van der Waals surface area contributed by atoms with E-state index >= 15 is 0 Å². The zero-order valence-electron chi connectivity index (χ0n) is 10.9. The normalized spacial score (nSPS) is 9.88. The van der Waals surface area contributed by atoms with Gasteiger partial charge in [-0.1, -0.05) is 6.07 Å². The van der Waals surface area contributed by atoms with Gasteiger partial charge < -0.3 is 15.0 Å². The molecule has 1 aromatic carbocycles. The van der Waals surface area contributed by atoms with Crippen molar-refractivity contribution in [2.24, 2.45) is 0 Å². The lowest BCUT2D eigenvalue weighted by molar-refractivity contribution is 0.217. The molecular formula is C13H20N2O2. The van der Waals surface area contributed by atoms with E-state index in [0.29, 0.717) is 13.1 Å². The summed E-state index contributed by atoms with van der Waals surface area (Å²) in [4.78, 5) is 13.6. The van der Waals surface area contributed by atoms with E-state index in [1.165, 1.54) is 0 Å². The van der Waals surface area contributed by atoms with Crippen molar-refractivity contribution in [1.29, 1.82) is 0 Å². The molecule has 0 radical (unpaired) electrons. The van der Waals surface area contributed by atoms with E-state index in [2.05, 4.69) is 5.32 Å². The van der Waals surface area contributed by atoms with Crippen molar-refractivity contribution in [3.8, 4) is 5.75 Å². The number of hydrogen-bond acceptors (Lipinski definition) is 2. The third-order valence-corrected chi connectivity index (χ3v) is 2.74. The van der Waals surface area contributed by atoms with Crippen LogP contribution >= 0.6 is 0 Å². The molecule has 4 heteroatoms. The molecule has 0 saturated carbocycles. The van der Waals surface area contributed by atoms with Gasteiger partial charge in [0.1, 0.15) is 5.75 Å². The van der Waals surface area contributed by atoms with Crippen molar-refractivity contribution in [1.82, 2.24) is 4.90 Å². The van der Waals surface area contributed by atoms with Crippen LogP contribution in [0.4, 0.5) is 10.5 Å². The molecule has 1 N–H and O–H groups in total. The van der Waals surface area contributed by atoms with E-state index < -0.39 is 0 Å². The minimum absolute atomic E-state index is 0.0775. The largest absolute Gasteiger partial charge is 0.497 e. The lowest BCUT2D eigenvalue weighted by Crippen LogP contribution is -2.34. The molecule has 0 atom stereocenters. The van der Waals surface area contributed by atoms with Crippen molar-refractivity contribution in [2.75, 3.05) is 25.5 Å². The maximum atomic E-state index is 11.9. The number of carbonyl (C=O) groups is 1. The third-order valence-electron chi connectivity index (χ3n) is 2.74. The maximum absolute atomic E-state index is 11.9. The first-order valence-electron chi connectivity index (χ1n) is 5.82. The van der Waals surface area contributed by atoms with Gasteiger partial charge in [0.15, 0.2) is 0 Å². The lowest BCUT2D eigenvalue weighted by atomic mass is 10.2.